The zero-order valence-electron chi connectivity index (χ0n) is 12.4. The van der Waals surface area contributed by atoms with Crippen LogP contribution < -0.4 is 21.5 Å². The molecule has 0 aromatic rings. The first-order valence-corrected chi connectivity index (χ1v) is 8.98. The maximum absolute atomic E-state index is 5.35. The number of allylic oxidation sites excluding steroid dienone is 2. The maximum Gasteiger partial charge on any atom is 0.185 e. The van der Waals surface area contributed by atoms with Gasteiger partial charge in [0.1, 0.15) is 0 Å². The molecule has 4 rings (SSSR count). The molecule has 2 fully saturated rings. The largest absolute Gasteiger partial charge is 0.358 e. The summed E-state index contributed by atoms with van der Waals surface area (Å²) in [7, 11) is 0. The van der Waals surface area contributed by atoms with Gasteiger partial charge in [-0.3, -0.25) is 10.9 Å². The minimum absolute atomic E-state index is 0.467. The highest BCUT2D eigenvalue weighted by Gasteiger charge is 2.36. The third-order valence-electron chi connectivity index (χ3n) is 5.48. The van der Waals surface area contributed by atoms with E-state index in [1.165, 1.54) is 25.7 Å². The number of hydrazine groups is 1. The molecule has 118 valence electrons. The molecule has 0 radical (unpaired) electrons. The normalized spacial score (nSPS) is 40.0. The predicted octanol–water partition coefficient (Wildman–Crippen LogP) is 1.76. The van der Waals surface area contributed by atoms with Crippen LogP contribution in [0.2, 0.25) is 0 Å². The Bertz CT molecular complexity index is 496. The van der Waals surface area contributed by atoms with Crippen LogP contribution in [0.3, 0.4) is 0 Å². The van der Waals surface area contributed by atoms with Crippen LogP contribution in [0.25, 0.3) is 0 Å². The number of nitrogens with one attached hydrogen (secondary N) is 4. The van der Waals surface area contributed by atoms with Gasteiger partial charge >= 0.3 is 0 Å². The van der Waals surface area contributed by atoms with Gasteiger partial charge in [0.2, 0.25) is 0 Å². The van der Waals surface area contributed by atoms with Crippen molar-refractivity contribution in [2.75, 3.05) is 0 Å². The summed E-state index contributed by atoms with van der Waals surface area (Å²) in [5.74, 6) is 2.75. The van der Waals surface area contributed by atoms with Gasteiger partial charge in [-0.15, -0.1) is 0 Å². The highest BCUT2D eigenvalue weighted by molar-refractivity contribution is 7.80. The van der Waals surface area contributed by atoms with Crippen molar-refractivity contribution in [3.63, 3.8) is 0 Å². The molecular weight excluding hydrogens is 312 g/mol. The Morgan fingerprint density at radius 2 is 1.14 bits per heavy atom. The van der Waals surface area contributed by atoms with E-state index in [9.17, 15) is 0 Å². The van der Waals surface area contributed by atoms with E-state index in [1.54, 1.807) is 0 Å². The van der Waals surface area contributed by atoms with E-state index in [1.807, 2.05) is 0 Å². The quantitative estimate of drug-likeness (QED) is 0.351. The number of hydrogen-bond acceptors (Lipinski definition) is 2. The number of hydrogen-bond donors (Lipinski definition) is 4. The molecule has 2 saturated carbocycles. The van der Waals surface area contributed by atoms with Gasteiger partial charge in [-0.1, -0.05) is 24.3 Å². The van der Waals surface area contributed by atoms with Crippen molar-refractivity contribution < 1.29 is 0 Å². The van der Waals surface area contributed by atoms with Gasteiger partial charge in [-0.05, 0) is 73.8 Å². The summed E-state index contributed by atoms with van der Waals surface area (Å²) in [4.78, 5) is 0. The summed E-state index contributed by atoms with van der Waals surface area (Å²) < 4.78 is 0. The molecule has 0 spiro atoms. The number of rotatable bonds is 2. The van der Waals surface area contributed by atoms with Crippen LogP contribution in [0.5, 0.6) is 0 Å². The van der Waals surface area contributed by atoms with Crippen molar-refractivity contribution in [2.45, 2.75) is 37.8 Å². The molecule has 0 saturated heterocycles. The van der Waals surface area contributed by atoms with E-state index in [0.29, 0.717) is 34.1 Å². The second-order valence-electron chi connectivity index (χ2n) is 6.97. The van der Waals surface area contributed by atoms with Gasteiger partial charge in [0.25, 0.3) is 0 Å². The van der Waals surface area contributed by atoms with Gasteiger partial charge in [-0.2, -0.15) is 0 Å². The van der Waals surface area contributed by atoms with Gasteiger partial charge in [0.15, 0.2) is 10.2 Å². The third kappa shape index (κ3) is 2.86. The fraction of sp³-hybridized carbons (Fsp3) is 0.625. The molecule has 0 amide bonds. The average Bonchev–Trinajstić information content (AvgIpc) is 3.25. The molecule has 4 aliphatic rings. The molecule has 0 unspecified atom stereocenters. The lowest BCUT2D eigenvalue weighted by Gasteiger charge is -2.24. The molecule has 4 N–H and O–H groups in total. The van der Waals surface area contributed by atoms with Crippen LogP contribution in [-0.2, 0) is 0 Å². The van der Waals surface area contributed by atoms with Crippen molar-refractivity contribution in [1.29, 1.82) is 0 Å². The molecule has 4 bridgehead atoms. The Labute approximate surface area is 142 Å². The minimum Gasteiger partial charge on any atom is -0.358 e. The van der Waals surface area contributed by atoms with E-state index in [-0.39, 0.29) is 0 Å². The lowest BCUT2D eigenvalue weighted by Crippen LogP contribution is -2.54. The fourth-order valence-corrected chi connectivity index (χ4v) is 4.82. The summed E-state index contributed by atoms with van der Waals surface area (Å²) in [6.45, 7) is 0. The van der Waals surface area contributed by atoms with Gasteiger partial charge in [0.05, 0.1) is 0 Å². The maximum atomic E-state index is 5.35. The zero-order valence-corrected chi connectivity index (χ0v) is 14.1. The van der Waals surface area contributed by atoms with Gasteiger partial charge in [0, 0.05) is 12.1 Å². The van der Waals surface area contributed by atoms with Crippen molar-refractivity contribution in [2.24, 2.45) is 23.7 Å². The van der Waals surface area contributed by atoms with E-state index in [2.05, 4.69) is 45.8 Å². The molecule has 0 heterocycles. The minimum atomic E-state index is 0.467. The fourth-order valence-electron chi connectivity index (χ4n) is 4.42. The topological polar surface area (TPSA) is 48.1 Å². The first-order valence-electron chi connectivity index (χ1n) is 8.17. The Balaban J connectivity index is 1.18. The van der Waals surface area contributed by atoms with Gasteiger partial charge < -0.3 is 10.6 Å². The lowest BCUT2D eigenvalue weighted by atomic mass is 10.0. The molecular formula is C16H22N4S2. The Morgan fingerprint density at radius 3 is 1.45 bits per heavy atom. The van der Waals surface area contributed by atoms with Crippen molar-refractivity contribution in [3.8, 4) is 0 Å². The predicted molar refractivity (Wildman–Crippen MR) is 96.0 cm³/mol. The Kier molecular flexibility index (Phi) is 3.82. The monoisotopic (exact) mass is 334 g/mol. The first kappa shape index (κ1) is 14.5. The smallest absolute Gasteiger partial charge is 0.185 e. The molecule has 22 heavy (non-hydrogen) atoms. The Hall–Kier alpha value is -1.14. The first-order chi connectivity index (χ1) is 10.7. The number of thiocarbonyl (C=S) groups is 2. The van der Waals surface area contributed by atoms with Crippen LogP contribution in [0.4, 0.5) is 0 Å². The van der Waals surface area contributed by atoms with Crippen LogP contribution in [0.1, 0.15) is 25.7 Å². The van der Waals surface area contributed by atoms with Crippen LogP contribution in [0, 0.1) is 23.7 Å². The molecule has 0 aliphatic heterocycles. The Morgan fingerprint density at radius 1 is 0.682 bits per heavy atom. The summed E-state index contributed by atoms with van der Waals surface area (Å²) >= 11 is 10.7. The van der Waals surface area contributed by atoms with Crippen molar-refractivity contribution in [3.05, 3.63) is 24.3 Å². The molecule has 6 atom stereocenters. The van der Waals surface area contributed by atoms with Crippen molar-refractivity contribution >= 4 is 34.7 Å². The SMILES string of the molecule is S=C(NNC(=S)N[C@@H]1C[C@@H]2C=C[C@@H]1C2)N[C@@H]1C[C@@H]2C=C[C@@H]1C2. The second-order valence-corrected chi connectivity index (χ2v) is 7.79. The second kappa shape index (κ2) is 5.81. The van der Waals surface area contributed by atoms with Gasteiger partial charge in [-0.25, -0.2) is 0 Å². The summed E-state index contributed by atoms with van der Waals surface area (Å²) in [6, 6.07) is 0.933. The summed E-state index contributed by atoms with van der Waals surface area (Å²) in [5.41, 5.74) is 6.02. The van der Waals surface area contributed by atoms with E-state index in [4.69, 9.17) is 24.4 Å². The molecule has 6 heteroatoms. The van der Waals surface area contributed by atoms with E-state index >= 15 is 0 Å². The van der Waals surface area contributed by atoms with E-state index in [0.717, 1.165) is 11.8 Å². The lowest BCUT2D eigenvalue weighted by molar-refractivity contribution is 0.510. The molecule has 4 aliphatic carbocycles. The molecule has 4 nitrogen and oxygen atoms in total. The highest BCUT2D eigenvalue weighted by Crippen LogP contribution is 2.39. The van der Waals surface area contributed by atoms with Crippen LogP contribution in [0.15, 0.2) is 24.3 Å². The standard InChI is InChI=1S/C16H22N4S2/c21-15(17-13-7-9-1-3-11(13)5-9)19-20-16(22)18-14-8-10-2-4-12(14)6-10/h1-4,9-14H,5-8H2,(H2,17,19,21)(H2,18,20,22)/t9-,10-,11-,12-,13-,14-/m1/s1. The summed E-state index contributed by atoms with van der Waals surface area (Å²) in [5, 5.41) is 8.04. The average molecular weight is 335 g/mol. The van der Waals surface area contributed by atoms with E-state index < -0.39 is 0 Å². The molecule has 0 aromatic carbocycles. The summed E-state index contributed by atoms with van der Waals surface area (Å²) in [6.07, 6.45) is 14.2. The van der Waals surface area contributed by atoms with Crippen LogP contribution >= 0.6 is 24.4 Å². The zero-order chi connectivity index (χ0) is 15.1. The van der Waals surface area contributed by atoms with Crippen molar-refractivity contribution in [1.82, 2.24) is 21.5 Å². The third-order valence-corrected chi connectivity index (χ3v) is 5.92. The van der Waals surface area contributed by atoms with Crippen LogP contribution in [-0.4, -0.2) is 22.3 Å². The molecule has 0 aromatic heterocycles. The highest BCUT2D eigenvalue weighted by atomic mass is 32.1. The number of fused-ring (bicyclic) bond motifs is 4.